The van der Waals surface area contributed by atoms with Gasteiger partial charge in [-0.05, 0) is 108 Å². The molecule has 1 fully saturated rings. The van der Waals surface area contributed by atoms with Crippen LogP contribution in [0.25, 0.3) is 89.7 Å². The second-order valence-corrected chi connectivity index (χ2v) is 26.9. The lowest BCUT2D eigenvalue weighted by Crippen LogP contribution is -2.52. The van der Waals surface area contributed by atoms with Crippen LogP contribution < -0.4 is 36.8 Å². The minimum atomic E-state index is -4.55. The molecule has 11 N–H and O–H groups in total. The molecular weight excluding hydrogens is 1540 g/mol. The third kappa shape index (κ3) is 21.2. The van der Waals surface area contributed by atoms with Crippen LogP contribution in [0, 0.1) is 17.1 Å². The van der Waals surface area contributed by atoms with E-state index in [4.69, 9.17) is 0 Å². The lowest BCUT2D eigenvalue weighted by molar-refractivity contribution is -0.159. The number of amides is 4. The van der Waals surface area contributed by atoms with Crippen LogP contribution in [0.5, 0.6) is 5.75 Å². The Morgan fingerprint density at radius 1 is 0.539 bits per heavy atom. The number of pyridine rings is 4. The first kappa shape index (κ1) is 84.0. The van der Waals surface area contributed by atoms with E-state index in [0.29, 0.717) is 86.4 Å². The first-order valence-corrected chi connectivity index (χ1v) is 34.5. The molecule has 0 radical (unpaired) electrons. The molecule has 1 saturated heterocycles. The molecule has 2 atom stereocenters. The van der Waals surface area contributed by atoms with Crippen molar-refractivity contribution in [3.8, 4) is 57.4 Å². The minimum absolute atomic E-state index is 0. The summed E-state index contributed by atoms with van der Waals surface area (Å²) >= 11 is 0. The van der Waals surface area contributed by atoms with Crippen molar-refractivity contribution in [2.24, 2.45) is 0 Å². The van der Waals surface area contributed by atoms with Crippen molar-refractivity contribution in [2.75, 3.05) is 60.6 Å². The molecule has 30 nitrogen and oxygen atoms in total. The quantitative estimate of drug-likeness (QED) is 0.0316. The van der Waals surface area contributed by atoms with Gasteiger partial charge in [0, 0.05) is 125 Å². The molecule has 0 aromatic carbocycles. The van der Waals surface area contributed by atoms with Gasteiger partial charge in [0.25, 0.3) is 0 Å². The van der Waals surface area contributed by atoms with E-state index < -0.39 is 103 Å². The summed E-state index contributed by atoms with van der Waals surface area (Å²) in [7, 11) is 1.12. The highest BCUT2D eigenvalue weighted by molar-refractivity contribution is 5.96. The highest BCUT2D eigenvalue weighted by Gasteiger charge is 2.41. The Labute approximate surface area is 654 Å². The molecule has 0 unspecified atom stereocenters. The molecule has 43 heteroatoms. The molecule has 1 aliphatic heterocycles. The number of alkyl halides is 12. The van der Waals surface area contributed by atoms with Crippen LogP contribution in [0.4, 0.5) is 80.3 Å². The standard InChI is InChI=1S/C19H19F3N6O2.C18H18F4N6O.C18H16F3N7O.C17H17F3N6O.8H2/c1-27(10-19(20,21)22)18(30)13-5-3-7-28(13)17-14(29)9-25-16(26-17)12-8-24-15-11(12)4-2-6-23-15;1-3-17(2,16(29)26-9-18(20,21)22)28-15-12(19)8-25-14(27-15)11-7-24-13-10(11)5-4-6-23-13;1-17(2,16(29)26-9-18(19,20)21)28-13-10(6-22)7-24-15(27-13)12-8-25-14-11(12)4-3-5-23-14;1-16(2,15(27)24-9-17(18,19)20)26-12-5-7-22-14(25-12)11-8-23-13-10(11)4-3-6-21-13;;;;;;;;/h2,4,6,8-9,13,29H,3,5,7,10H2,1H3,(H,23,24);4-8H,3,9H2,1-2H3,(H,23,24)(H,26,29)(H,25,27,28);3-5,7-8H,9H2,1-2H3,(H,23,25)(H,26,29)(H,24,27,28);3-8H,9H2,1-2H3,(H,21,23)(H,24,27)(H,22,25,26);8*1H/t13-;17-;;;;;;;;;;/m10........../s1. The van der Waals surface area contributed by atoms with E-state index in [1.807, 2.05) is 40.2 Å². The summed E-state index contributed by atoms with van der Waals surface area (Å²) in [5, 5.41) is 36.5. The molecule has 115 heavy (non-hydrogen) atoms. The Bertz CT molecular complexity index is 5570. The van der Waals surface area contributed by atoms with Crippen LogP contribution in [0.15, 0.2) is 129 Å². The fraction of sp³-hybridized carbons (Fsp3) is 0.319. The van der Waals surface area contributed by atoms with Crippen molar-refractivity contribution in [3.05, 3.63) is 140 Å². The number of anilines is 4. The molecule has 0 saturated carbocycles. The number of aromatic nitrogens is 16. The average molecular weight is 1630 g/mol. The average Bonchev–Trinajstić information content (AvgIpc) is 1.72. The highest BCUT2D eigenvalue weighted by Crippen LogP contribution is 2.37. The molecule has 0 aliphatic carbocycles. The number of nitrogens with zero attached hydrogens (tertiary/aromatic N) is 15. The number of likely N-dealkylation sites (N-methyl/N-ethyl adjacent to an activating group) is 1. The van der Waals surface area contributed by atoms with E-state index >= 15 is 0 Å². The summed E-state index contributed by atoms with van der Waals surface area (Å²) in [5.41, 5.74) is 0.875. The fourth-order valence-electron chi connectivity index (χ4n) is 11.5. The Balaban J connectivity index is 0.000000544. The maximum atomic E-state index is 14.3. The van der Waals surface area contributed by atoms with Crippen molar-refractivity contribution in [1.82, 2.24) is 101 Å². The van der Waals surface area contributed by atoms with Gasteiger partial charge in [-0.3, -0.25) is 19.2 Å². The summed E-state index contributed by atoms with van der Waals surface area (Å²) < 4.78 is 164. The number of nitriles is 1. The molecule has 0 spiro atoms. The lowest BCUT2D eigenvalue weighted by atomic mass is 9.97. The molecule has 4 amide bonds. The second-order valence-electron chi connectivity index (χ2n) is 26.9. The number of carbonyl (C=O) groups excluding carboxylic acids is 4. The van der Waals surface area contributed by atoms with Crippen molar-refractivity contribution >= 4 is 91.0 Å². The summed E-state index contributed by atoms with van der Waals surface area (Å²) in [6, 6.07) is 16.9. The second kappa shape index (κ2) is 34.3. The van der Waals surface area contributed by atoms with E-state index in [-0.39, 0.29) is 58.2 Å². The topological polar surface area (TPSA) is 409 Å². The zero-order chi connectivity index (χ0) is 83.6. The summed E-state index contributed by atoms with van der Waals surface area (Å²) in [4.78, 5) is 114. The number of fused-ring (bicyclic) bond motifs is 4. The molecule has 12 aromatic rings. The third-order valence-corrected chi connectivity index (χ3v) is 17.4. The van der Waals surface area contributed by atoms with Crippen LogP contribution >= 0.6 is 0 Å². The van der Waals surface area contributed by atoms with E-state index in [0.717, 1.165) is 35.0 Å². The lowest BCUT2D eigenvalue weighted by Gasteiger charge is -2.29. The van der Waals surface area contributed by atoms with Gasteiger partial charge in [-0.25, -0.2) is 64.2 Å². The Kier molecular flexibility index (Phi) is 25.0. The van der Waals surface area contributed by atoms with Gasteiger partial charge in [-0.2, -0.15) is 57.9 Å². The summed E-state index contributed by atoms with van der Waals surface area (Å²) in [6.45, 7) is 3.38. The Morgan fingerprint density at radius 3 is 1.40 bits per heavy atom. The summed E-state index contributed by atoms with van der Waals surface area (Å²) in [5.74, 6) is -3.05. The van der Waals surface area contributed by atoms with Crippen LogP contribution in [-0.4, -0.2) is 201 Å². The predicted octanol–water partition coefficient (Wildman–Crippen LogP) is 13.8. The number of hydrogen-bond donors (Lipinski definition) is 11. The van der Waals surface area contributed by atoms with Gasteiger partial charge in [-0.1, -0.05) is 6.92 Å². The van der Waals surface area contributed by atoms with Gasteiger partial charge >= 0.3 is 24.7 Å². The highest BCUT2D eigenvalue weighted by atomic mass is 19.4. The Hall–Kier alpha value is -13.5. The molecule has 13 rings (SSSR count). The number of hydrogen-bond acceptors (Lipinski definition) is 22. The first-order valence-electron chi connectivity index (χ1n) is 34.5. The number of carbonyl (C=O) groups is 4. The smallest absolute Gasteiger partial charge is 0.406 e. The van der Waals surface area contributed by atoms with Gasteiger partial charge < -0.3 is 66.7 Å². The monoisotopic (exact) mass is 1630 g/mol. The first-order chi connectivity index (χ1) is 54.1. The largest absolute Gasteiger partial charge is 0.503 e. The fourth-order valence-corrected chi connectivity index (χ4v) is 11.5. The van der Waals surface area contributed by atoms with E-state index in [9.17, 15) is 86.6 Å². The predicted molar refractivity (Wildman–Crippen MR) is 411 cm³/mol. The number of nitrogens with one attached hydrogen (secondary N) is 10. The van der Waals surface area contributed by atoms with Crippen LogP contribution in [0.1, 0.15) is 77.8 Å². The maximum absolute atomic E-state index is 14.3. The zero-order valence-corrected chi connectivity index (χ0v) is 61.6. The molecule has 0 bridgehead atoms. The van der Waals surface area contributed by atoms with Crippen molar-refractivity contribution in [3.63, 3.8) is 0 Å². The van der Waals surface area contributed by atoms with Crippen LogP contribution in [-0.2, 0) is 19.2 Å². The number of aromatic hydroxyl groups is 1. The molecule has 1 aliphatic rings. The third-order valence-electron chi connectivity index (χ3n) is 17.4. The van der Waals surface area contributed by atoms with Gasteiger partial charge in [-0.15, -0.1) is 0 Å². The van der Waals surface area contributed by atoms with E-state index in [2.05, 4.69) is 95.7 Å². The Morgan fingerprint density at radius 2 is 0.957 bits per heavy atom. The van der Waals surface area contributed by atoms with Crippen LogP contribution in [0.3, 0.4) is 0 Å². The van der Waals surface area contributed by atoms with Gasteiger partial charge in [0.15, 0.2) is 46.5 Å². The SMILES string of the molecule is CC(C)(Nc1ccnc(-c2c[nH]c3ncccc23)n1)C(=O)NCC(F)(F)F.CC(C)(Nc1nc(-c2c[nH]c3ncccc23)ncc1C#N)C(=O)NCC(F)(F)F.CC[C@](C)(Nc1nc(-c2c[nH]c3ncccc23)ncc1F)C(=O)NCC(F)(F)F.CN(CC(F)(F)F)C(=O)[C@H]1CCCN1c1nc(-c2c[nH]c3ncccc23)ncc1O.[HH].[HH].[HH].[HH].[HH].[HH].[HH].[HH]. The molecule has 12 aromatic heterocycles. The molecule has 620 valence electrons. The summed E-state index contributed by atoms with van der Waals surface area (Å²) in [6.07, 6.45) is 1.16. The number of H-pyrrole nitrogens is 4. The number of aromatic amines is 4. The van der Waals surface area contributed by atoms with Crippen molar-refractivity contribution in [1.29, 1.82) is 5.26 Å². The zero-order valence-electron chi connectivity index (χ0n) is 61.6. The molecular formula is C72H86F13N25O5. The minimum Gasteiger partial charge on any atom is -0.503 e. The van der Waals surface area contributed by atoms with Crippen molar-refractivity contribution in [2.45, 2.75) is 108 Å². The van der Waals surface area contributed by atoms with Crippen LogP contribution in [0.2, 0.25) is 0 Å². The van der Waals surface area contributed by atoms with Gasteiger partial charge in [0.05, 0.1) is 18.6 Å². The molecule has 13 heterocycles. The normalized spacial score (nSPS) is 13.8. The number of rotatable bonds is 20. The number of halogens is 13. The van der Waals surface area contributed by atoms with E-state index in [1.54, 1.807) is 91.7 Å². The van der Waals surface area contributed by atoms with Gasteiger partial charge in [0.1, 0.15) is 94.7 Å². The maximum Gasteiger partial charge on any atom is 0.406 e. The van der Waals surface area contributed by atoms with E-state index in [1.165, 1.54) is 59.3 Å². The van der Waals surface area contributed by atoms with Gasteiger partial charge in [0.2, 0.25) is 23.6 Å². The van der Waals surface area contributed by atoms with Crippen molar-refractivity contribution < 1.29 is 92.8 Å².